The highest BCUT2D eigenvalue weighted by Gasteiger charge is 2.53. The first-order valence-electron chi connectivity index (χ1n) is 12.2. The number of benzene rings is 1. The number of nitrogens with two attached hydrogens (primary N) is 1. The van der Waals surface area contributed by atoms with Crippen molar-refractivity contribution in [3.63, 3.8) is 0 Å². The summed E-state index contributed by atoms with van der Waals surface area (Å²) in [5.74, 6) is -0.694. The number of primary amides is 1. The first-order chi connectivity index (χ1) is 18.0. The van der Waals surface area contributed by atoms with Crippen molar-refractivity contribution in [2.24, 2.45) is 11.7 Å². The maximum Gasteiger partial charge on any atom is 0.271 e. The van der Waals surface area contributed by atoms with E-state index in [2.05, 4.69) is 25.9 Å². The van der Waals surface area contributed by atoms with Crippen LogP contribution in [0.3, 0.4) is 0 Å². The molecule has 1 atom stereocenters. The number of methoxy groups -OCH3 is 1. The molecule has 12 heteroatoms. The molecule has 3 heterocycles. The molecular formula is C25H27N7O5. The average Bonchev–Trinajstić information content (AvgIpc) is 3.40. The van der Waals surface area contributed by atoms with Gasteiger partial charge in [0.25, 0.3) is 5.91 Å². The van der Waals surface area contributed by atoms with Gasteiger partial charge in [0, 0.05) is 35.7 Å². The van der Waals surface area contributed by atoms with Crippen molar-refractivity contribution in [1.82, 2.24) is 20.0 Å². The van der Waals surface area contributed by atoms with E-state index in [1.165, 1.54) is 6.07 Å². The van der Waals surface area contributed by atoms with E-state index in [4.69, 9.17) is 19.9 Å². The molecule has 0 radical (unpaired) electrons. The van der Waals surface area contributed by atoms with Crippen LogP contribution < -0.4 is 21.1 Å². The molecule has 4 N–H and O–H groups in total. The Hall–Kier alpha value is -4.03. The number of carbonyl (C=O) groups is 2. The third-order valence-electron chi connectivity index (χ3n) is 7.00. The van der Waals surface area contributed by atoms with Crippen LogP contribution in [0.1, 0.15) is 42.2 Å². The first kappa shape index (κ1) is 23.4. The van der Waals surface area contributed by atoms with Crippen LogP contribution in [-0.4, -0.2) is 57.9 Å². The average molecular weight is 506 g/mol. The standard InChI is InChI=1S/C25H27N7O5/c1-35-22-16(15-12-27-32(13-15)19-7-8-25(19)36-9-10-37-25)3-2-4-17(22)28-18-11-20(29-24(34)14-5-6-14)30-31-21(18)23(26)33/h2-4,11-14,19H,5-10H2,1H3,(H2,26,33)(H2,28,29,30,34)/t19-/m0/s1. The minimum Gasteiger partial charge on any atom is -0.494 e. The number of anilines is 3. The highest BCUT2D eigenvalue weighted by Crippen LogP contribution is 2.48. The van der Waals surface area contributed by atoms with Gasteiger partial charge in [-0.25, -0.2) is 0 Å². The van der Waals surface area contributed by atoms with Crippen molar-refractivity contribution < 1.29 is 23.8 Å². The van der Waals surface area contributed by atoms with Crippen molar-refractivity contribution in [2.45, 2.75) is 37.5 Å². The van der Waals surface area contributed by atoms with E-state index in [9.17, 15) is 9.59 Å². The summed E-state index contributed by atoms with van der Waals surface area (Å²) in [7, 11) is 1.57. The second kappa shape index (κ2) is 9.12. The Bertz CT molecular complexity index is 1360. The summed E-state index contributed by atoms with van der Waals surface area (Å²) in [4.78, 5) is 24.2. The van der Waals surface area contributed by atoms with Crippen LogP contribution in [0.5, 0.6) is 5.75 Å². The molecule has 1 aromatic carbocycles. The molecule has 3 fully saturated rings. The van der Waals surface area contributed by atoms with Gasteiger partial charge in [-0.05, 0) is 25.3 Å². The van der Waals surface area contributed by atoms with Gasteiger partial charge in [-0.1, -0.05) is 12.1 Å². The Kier molecular flexibility index (Phi) is 5.76. The zero-order valence-corrected chi connectivity index (χ0v) is 20.3. The largest absolute Gasteiger partial charge is 0.494 e. The van der Waals surface area contributed by atoms with Crippen molar-refractivity contribution in [1.29, 1.82) is 0 Å². The van der Waals surface area contributed by atoms with Gasteiger partial charge in [-0.3, -0.25) is 14.3 Å². The monoisotopic (exact) mass is 505 g/mol. The topological polar surface area (TPSA) is 156 Å². The summed E-state index contributed by atoms with van der Waals surface area (Å²) in [5.41, 5.74) is 7.99. The molecule has 2 aliphatic carbocycles. The third-order valence-corrected chi connectivity index (χ3v) is 7.00. The Labute approximate surface area is 212 Å². The van der Waals surface area contributed by atoms with Crippen LogP contribution in [0.25, 0.3) is 11.1 Å². The lowest BCUT2D eigenvalue weighted by molar-refractivity contribution is -0.242. The number of rotatable bonds is 8. The van der Waals surface area contributed by atoms with E-state index in [1.54, 1.807) is 13.3 Å². The molecule has 2 amide bonds. The van der Waals surface area contributed by atoms with E-state index >= 15 is 0 Å². The van der Waals surface area contributed by atoms with E-state index < -0.39 is 11.7 Å². The fourth-order valence-corrected chi connectivity index (χ4v) is 4.83. The highest BCUT2D eigenvalue weighted by atomic mass is 16.7. The summed E-state index contributed by atoms with van der Waals surface area (Å²) < 4.78 is 19.4. The molecule has 0 bridgehead atoms. The number of amides is 2. The molecule has 2 aromatic heterocycles. The molecule has 1 saturated heterocycles. The molecule has 192 valence electrons. The number of ether oxygens (including phenoxy) is 3. The van der Waals surface area contributed by atoms with Crippen LogP contribution >= 0.6 is 0 Å². The molecule has 0 unspecified atom stereocenters. The predicted octanol–water partition coefficient (Wildman–Crippen LogP) is 2.62. The van der Waals surface area contributed by atoms with Crippen LogP contribution in [0.2, 0.25) is 0 Å². The Balaban J connectivity index is 1.29. The molecule has 6 rings (SSSR count). The number of para-hydroxylation sites is 1. The van der Waals surface area contributed by atoms with E-state index in [1.807, 2.05) is 29.1 Å². The summed E-state index contributed by atoms with van der Waals surface area (Å²) >= 11 is 0. The Morgan fingerprint density at radius 1 is 1.16 bits per heavy atom. The molecule has 2 saturated carbocycles. The summed E-state index contributed by atoms with van der Waals surface area (Å²) in [5, 5.41) is 18.4. The second-order valence-electron chi connectivity index (χ2n) is 9.40. The first-order valence-corrected chi connectivity index (χ1v) is 12.2. The fraction of sp³-hybridized carbons (Fsp3) is 0.400. The molecule has 3 aliphatic rings. The highest BCUT2D eigenvalue weighted by molar-refractivity contribution is 5.99. The summed E-state index contributed by atoms with van der Waals surface area (Å²) in [6, 6.07) is 7.14. The lowest BCUT2D eigenvalue weighted by Crippen LogP contribution is -2.49. The van der Waals surface area contributed by atoms with E-state index in [-0.39, 0.29) is 29.4 Å². The maximum atomic E-state index is 12.2. The molecule has 12 nitrogen and oxygen atoms in total. The van der Waals surface area contributed by atoms with Gasteiger partial charge < -0.3 is 30.6 Å². The number of nitrogens with one attached hydrogen (secondary N) is 2. The van der Waals surface area contributed by atoms with Gasteiger partial charge in [0.15, 0.2) is 17.3 Å². The SMILES string of the molecule is COc1c(Nc2cc(NC(=O)C3CC3)nnc2C(N)=O)cccc1-c1cnn([C@H]2CCC23OCCO3)c1. The molecule has 3 aromatic rings. The second-order valence-corrected chi connectivity index (χ2v) is 9.40. The number of carbonyl (C=O) groups excluding carboxylic acids is 2. The molecule has 37 heavy (non-hydrogen) atoms. The van der Waals surface area contributed by atoms with Crippen LogP contribution in [0, 0.1) is 5.92 Å². The van der Waals surface area contributed by atoms with Crippen molar-refractivity contribution in [3.8, 4) is 16.9 Å². The van der Waals surface area contributed by atoms with E-state index in [0.29, 0.717) is 30.3 Å². The zero-order chi connectivity index (χ0) is 25.6. The Morgan fingerprint density at radius 3 is 2.65 bits per heavy atom. The fourth-order valence-electron chi connectivity index (χ4n) is 4.83. The number of nitrogens with zero attached hydrogens (tertiary/aromatic N) is 4. The van der Waals surface area contributed by atoms with Gasteiger partial charge in [-0.15, -0.1) is 10.2 Å². The summed E-state index contributed by atoms with van der Waals surface area (Å²) in [6.07, 6.45) is 7.20. The van der Waals surface area contributed by atoms with Crippen LogP contribution in [-0.2, 0) is 14.3 Å². The number of hydrogen-bond acceptors (Lipinski definition) is 9. The normalized spacial score (nSPS) is 19.9. The lowest BCUT2D eigenvalue weighted by Gasteiger charge is -2.44. The smallest absolute Gasteiger partial charge is 0.271 e. The Morgan fingerprint density at radius 2 is 1.97 bits per heavy atom. The van der Waals surface area contributed by atoms with Crippen molar-refractivity contribution >= 4 is 29.0 Å². The quantitative estimate of drug-likeness (QED) is 0.419. The van der Waals surface area contributed by atoms with Crippen molar-refractivity contribution in [3.05, 3.63) is 42.4 Å². The number of hydrogen-bond donors (Lipinski definition) is 3. The van der Waals surface area contributed by atoms with Gasteiger partial charge in [0.05, 0.1) is 37.9 Å². The minimum absolute atomic E-state index is 0.00618. The van der Waals surface area contributed by atoms with Gasteiger partial charge in [0.1, 0.15) is 11.8 Å². The predicted molar refractivity (Wildman–Crippen MR) is 132 cm³/mol. The van der Waals surface area contributed by atoms with Gasteiger partial charge in [0.2, 0.25) is 5.91 Å². The molecule has 1 spiro atoms. The van der Waals surface area contributed by atoms with Crippen LogP contribution in [0.15, 0.2) is 36.7 Å². The van der Waals surface area contributed by atoms with Crippen LogP contribution in [0.4, 0.5) is 17.2 Å². The third kappa shape index (κ3) is 4.27. The van der Waals surface area contributed by atoms with Gasteiger partial charge >= 0.3 is 0 Å². The van der Waals surface area contributed by atoms with Gasteiger partial charge in [-0.2, -0.15) is 5.10 Å². The lowest BCUT2D eigenvalue weighted by atomic mass is 9.85. The zero-order valence-electron chi connectivity index (χ0n) is 20.3. The summed E-state index contributed by atoms with van der Waals surface area (Å²) in [6.45, 7) is 1.19. The number of aromatic nitrogens is 4. The minimum atomic E-state index is -0.753. The van der Waals surface area contributed by atoms with E-state index in [0.717, 1.165) is 36.8 Å². The molecule has 1 aliphatic heterocycles. The maximum absolute atomic E-state index is 12.2. The molecular weight excluding hydrogens is 478 g/mol. The van der Waals surface area contributed by atoms with Crippen molar-refractivity contribution in [2.75, 3.05) is 31.0 Å².